The number of nitrogens with zero attached hydrogens (tertiary/aromatic N) is 3. The second kappa shape index (κ2) is 124. The molecular formula is C123H199N3O14. The first-order valence-corrected chi connectivity index (χ1v) is 46.1. The summed E-state index contributed by atoms with van der Waals surface area (Å²) in [6.45, 7) is 89.7. The van der Waals surface area contributed by atoms with Crippen LogP contribution in [0.15, 0.2) is 354 Å². The fraction of sp³-hybridized carbons (Fsp3) is 0.398. The number of rotatable bonds is 5. The molecule has 2 saturated heterocycles. The van der Waals surface area contributed by atoms with Crippen LogP contribution in [0, 0.1) is 24.7 Å². The van der Waals surface area contributed by atoms with Gasteiger partial charge in [0.15, 0.2) is 28.8 Å². The van der Waals surface area contributed by atoms with Gasteiger partial charge in [0.2, 0.25) is 6.29 Å². The summed E-state index contributed by atoms with van der Waals surface area (Å²) >= 11 is 0. The van der Waals surface area contributed by atoms with Crippen molar-refractivity contribution >= 4 is 46.6 Å². The number of likely N-dealkylation sites (tertiary alicyclic amines) is 2. The summed E-state index contributed by atoms with van der Waals surface area (Å²) in [4.78, 5) is 88.2. The molecule has 3 aliphatic carbocycles. The minimum absolute atomic E-state index is 0. The summed E-state index contributed by atoms with van der Waals surface area (Å²) in [6, 6.07) is 66.8. The van der Waals surface area contributed by atoms with Gasteiger partial charge >= 0.3 is 11.9 Å². The van der Waals surface area contributed by atoms with Crippen molar-refractivity contribution in [2.45, 2.75) is 244 Å². The van der Waals surface area contributed by atoms with Crippen molar-refractivity contribution in [3.05, 3.63) is 388 Å². The molecule has 17 heteroatoms. The number of ether oxygens (including phenoxy) is 6. The van der Waals surface area contributed by atoms with Crippen LogP contribution in [-0.4, -0.2) is 134 Å². The maximum Gasteiger partial charge on any atom is 0.337 e. The fourth-order valence-corrected chi connectivity index (χ4v) is 10.2. The van der Waals surface area contributed by atoms with Gasteiger partial charge in [-0.05, 0) is 175 Å². The fourth-order valence-electron chi connectivity index (χ4n) is 10.2. The molecule has 3 fully saturated rings. The third-order valence-electron chi connectivity index (χ3n) is 16.0. The Kier molecular flexibility index (Phi) is 146. The van der Waals surface area contributed by atoms with Crippen LogP contribution in [0.1, 0.15) is 272 Å². The van der Waals surface area contributed by atoms with Gasteiger partial charge in [-0.2, -0.15) is 0 Å². The predicted molar refractivity (Wildman–Crippen MR) is 616 cm³/mol. The van der Waals surface area contributed by atoms with E-state index >= 15 is 0 Å². The van der Waals surface area contributed by atoms with Crippen LogP contribution >= 0.6 is 0 Å². The highest BCUT2D eigenvalue weighted by atomic mass is 16.7. The molecule has 8 aromatic rings. The molecule has 1 saturated carbocycles. The average Bonchev–Trinajstić information content (AvgIpc) is 1.65. The third-order valence-corrected chi connectivity index (χ3v) is 16.0. The Morgan fingerprint density at radius 2 is 0.750 bits per heavy atom. The van der Waals surface area contributed by atoms with Crippen LogP contribution in [0.5, 0.6) is 17.2 Å². The van der Waals surface area contributed by atoms with Crippen LogP contribution in [0.25, 0.3) is 0 Å². The normalized spacial score (nSPS) is 11.6. The third kappa shape index (κ3) is 111. The van der Waals surface area contributed by atoms with E-state index in [2.05, 4.69) is 179 Å². The SMILES string of the molecule is C.C.C.C.C=C.C=C.C=C.C=C.C=C.C=C.C=C.C=C.CC.CC.CC.CC(=O)OC(C)(C)C.CC(=O)c1ccccc1.CC(C)=O.CC(C)=O.CC1C(=O)c2ccccc2C1=O.CC1C=CC=C1.CC1CCCCC1.CC1Oc2ccccc2O1.CN1CCC(=O)C1.CN1CCCCC1.COC(=O)c1ccccc1.COCc1ccccc1.COc1ccccc1.Cc1ccccc1.Cn1cccc1. The van der Waals surface area contributed by atoms with Crippen molar-refractivity contribution in [1.29, 1.82) is 0 Å². The highest BCUT2D eigenvalue weighted by Gasteiger charge is 2.34. The first-order valence-electron chi connectivity index (χ1n) is 46.1. The molecule has 1 aromatic heterocycles. The summed E-state index contributed by atoms with van der Waals surface area (Å²) < 4.78 is 31.7. The van der Waals surface area contributed by atoms with E-state index in [9.17, 15) is 38.4 Å². The Balaban J connectivity index is -0.0000000831. The summed E-state index contributed by atoms with van der Waals surface area (Å²) in [5, 5.41) is 0. The second-order valence-corrected chi connectivity index (χ2v) is 28.7. The number of piperidine rings is 1. The number of aromatic nitrogens is 1. The quantitative estimate of drug-likeness (QED) is 0.0680. The Morgan fingerprint density at radius 1 is 0.421 bits per heavy atom. The number of likely N-dealkylation sites (N-methyl/N-ethyl adjacent to an activating group) is 1. The molecule has 0 bridgehead atoms. The molecule has 0 N–H and O–H groups in total. The Morgan fingerprint density at radius 3 is 0.964 bits per heavy atom. The van der Waals surface area contributed by atoms with Gasteiger partial charge in [0.05, 0.1) is 38.9 Å². The minimum Gasteiger partial charge on any atom is -0.497 e. The average molecular weight is 1940 g/mol. The maximum atomic E-state index is 11.4. The summed E-state index contributed by atoms with van der Waals surface area (Å²) in [5.41, 5.74) is 4.74. The van der Waals surface area contributed by atoms with Crippen molar-refractivity contribution < 1.29 is 66.8 Å². The topological polar surface area (TPSA) is 203 Å². The lowest BCUT2D eigenvalue weighted by Gasteiger charge is -2.20. The summed E-state index contributed by atoms with van der Waals surface area (Å²) in [5.74, 6) is 4.07. The van der Waals surface area contributed by atoms with Gasteiger partial charge in [-0.25, -0.2) is 4.79 Å². The molecular weight excluding hydrogens is 1740 g/mol. The van der Waals surface area contributed by atoms with Crippen molar-refractivity contribution in [2.24, 2.45) is 24.8 Å². The molecule has 0 spiro atoms. The zero-order valence-corrected chi connectivity index (χ0v) is 89.3. The Labute approximate surface area is 858 Å². The van der Waals surface area contributed by atoms with E-state index in [-0.39, 0.29) is 82.5 Å². The second-order valence-electron chi connectivity index (χ2n) is 28.7. The highest BCUT2D eigenvalue weighted by molar-refractivity contribution is 6.26. The van der Waals surface area contributed by atoms with Gasteiger partial charge in [0.1, 0.15) is 28.7 Å². The number of fused-ring (bicyclic) bond motifs is 2. The number of ketones is 6. The number of aryl methyl sites for hydroxylation is 2. The van der Waals surface area contributed by atoms with E-state index in [4.69, 9.17) is 23.7 Å². The van der Waals surface area contributed by atoms with Gasteiger partial charge in [-0.15, -0.1) is 105 Å². The Hall–Kier alpha value is -12.5. The number of carbonyl (C=O) groups excluding carboxylic acids is 8. The van der Waals surface area contributed by atoms with Gasteiger partial charge in [-0.1, -0.05) is 317 Å². The standard InChI is InChI=1S/C10H8O2.2C8H8O2.C8H10O.C8H8O.C7H8O.C7H14.C7H8.C6H13N.C6H12O2.C6H8.C5H9NO.C5H7N.2C3H6O.3C2H6.8C2H4.4CH4/c1-6-9(11)7-4-2-3-5-8(7)10(6)12;1-6-9-7-4-2-3-5-8(7)10-6;1-10-8(9)7-5-3-2-4-6-7;1-9-7-8-5-3-2-4-6-8;1-7(9)8-5-3-2-4-6-8;1-8-7-5-3-2-4-6-7;3*1-7-5-3-2-4-6-7;1-5(7)8-6(2,3)4;1-6-4-2-3-5-6;1-6-3-2-5(7)4-6;1-6-4-2-3-5-6;2*1-3(2)4;11*1-2;;;;/h2-6H,1H3;2*2-6H,1H3;2-6H,7H2,1H3;2-6H,1H3;2-6H,1H3;7H,2-6H2,1H3;2-6H,1H3;2-6H2,1H3;1-4H3;2-6H,1H3;2-4H2,1H3;2-5H,1H3;2*1-2H3;3*1-2H3;8*1-2H2;4*1H4. The van der Waals surface area contributed by atoms with Gasteiger partial charge in [0, 0.05) is 70.1 Å². The van der Waals surface area contributed by atoms with Crippen LogP contribution in [0.3, 0.4) is 0 Å². The first kappa shape index (κ1) is 164. The zero-order valence-electron chi connectivity index (χ0n) is 89.3. The van der Waals surface area contributed by atoms with E-state index in [1.54, 1.807) is 76.6 Å². The van der Waals surface area contributed by atoms with Crippen LogP contribution in [0.2, 0.25) is 0 Å². The lowest BCUT2D eigenvalue weighted by molar-refractivity contribution is -0.152. The molecule has 3 aliphatic heterocycles. The van der Waals surface area contributed by atoms with Gasteiger partial charge in [0.25, 0.3) is 0 Å². The van der Waals surface area contributed by atoms with Gasteiger partial charge < -0.3 is 47.5 Å². The molecule has 790 valence electrons. The number of para-hydroxylation sites is 3. The molecule has 6 aliphatic rings. The number of hydrogen-bond donors (Lipinski definition) is 0. The molecule has 0 amide bonds. The number of carbonyl (C=O) groups is 8. The monoisotopic (exact) mass is 1940 g/mol. The lowest BCUT2D eigenvalue weighted by Crippen LogP contribution is -2.24. The van der Waals surface area contributed by atoms with Crippen molar-refractivity contribution in [3.8, 4) is 17.2 Å². The largest absolute Gasteiger partial charge is 0.497 e. The molecule has 7 aromatic carbocycles. The molecule has 17 nitrogen and oxygen atoms in total. The van der Waals surface area contributed by atoms with E-state index in [0.717, 1.165) is 41.7 Å². The van der Waals surface area contributed by atoms with E-state index in [1.165, 1.54) is 117 Å². The summed E-state index contributed by atoms with van der Waals surface area (Å²) in [7, 11) is 10.9. The molecule has 140 heavy (non-hydrogen) atoms. The molecule has 0 atom stereocenters. The lowest BCUT2D eigenvalue weighted by atomic mass is 9.91. The highest BCUT2D eigenvalue weighted by Crippen LogP contribution is 2.33. The smallest absolute Gasteiger partial charge is 0.337 e. The van der Waals surface area contributed by atoms with E-state index < -0.39 is 5.92 Å². The number of allylic oxidation sites excluding steroid dienone is 4. The maximum absolute atomic E-state index is 11.4. The van der Waals surface area contributed by atoms with E-state index in [1.807, 2.05) is 257 Å². The first-order chi connectivity index (χ1) is 65.2. The van der Waals surface area contributed by atoms with Crippen LogP contribution < -0.4 is 14.2 Å². The van der Waals surface area contributed by atoms with Crippen molar-refractivity contribution in [1.82, 2.24) is 14.4 Å². The van der Waals surface area contributed by atoms with Crippen LogP contribution in [-0.2, 0) is 47.0 Å². The molecule has 14 rings (SSSR count). The molecule has 0 unspecified atom stereocenters. The number of methoxy groups -OCH3 is 3. The van der Waals surface area contributed by atoms with Crippen molar-refractivity contribution in [2.75, 3.05) is 61.6 Å². The number of Topliss-reactive ketones (excluding diaryl/α,β-unsaturated/α-hetero) is 6. The molecule has 4 heterocycles. The summed E-state index contributed by atoms with van der Waals surface area (Å²) in [6.07, 6.45) is 24.8. The molecule has 0 radical (unpaired) electrons. The number of hydrogen-bond acceptors (Lipinski definition) is 16. The Bertz CT molecular complexity index is 3930. The van der Waals surface area contributed by atoms with Gasteiger partial charge in [-0.3, -0.25) is 28.9 Å². The zero-order chi connectivity index (χ0) is 107. The van der Waals surface area contributed by atoms with Crippen LogP contribution in [0.4, 0.5) is 0 Å². The number of benzene rings is 7. The predicted octanol–water partition coefficient (Wildman–Crippen LogP) is 33.3. The minimum atomic E-state index is -0.470. The van der Waals surface area contributed by atoms with E-state index in [0.29, 0.717) is 41.5 Å². The van der Waals surface area contributed by atoms with Crippen molar-refractivity contribution in [3.63, 3.8) is 0 Å². The number of esters is 2.